The van der Waals surface area contributed by atoms with E-state index in [-0.39, 0.29) is 5.91 Å². The molecular formula is C21H23ClN2O3. The maximum atomic E-state index is 12.5. The van der Waals surface area contributed by atoms with Gasteiger partial charge in [0.1, 0.15) is 0 Å². The molecule has 1 aliphatic rings. The summed E-state index contributed by atoms with van der Waals surface area (Å²) in [6, 6.07) is 13.4. The number of rotatable bonds is 5. The first-order chi connectivity index (χ1) is 13.1. The average molecular weight is 387 g/mol. The summed E-state index contributed by atoms with van der Waals surface area (Å²) in [4.78, 5) is 16.6. The summed E-state index contributed by atoms with van der Waals surface area (Å²) in [5.41, 5.74) is 1.98. The number of amides is 1. The maximum Gasteiger partial charge on any atom is 0.246 e. The maximum absolute atomic E-state index is 12.5. The number of ether oxygens (including phenoxy) is 2. The Kier molecular flexibility index (Phi) is 6.24. The van der Waals surface area contributed by atoms with Crippen LogP contribution in [0.25, 0.3) is 6.08 Å². The van der Waals surface area contributed by atoms with Gasteiger partial charge in [0.05, 0.1) is 14.2 Å². The van der Waals surface area contributed by atoms with Crippen LogP contribution in [-0.4, -0.2) is 51.2 Å². The van der Waals surface area contributed by atoms with Crippen LogP contribution in [0.4, 0.5) is 5.69 Å². The van der Waals surface area contributed by atoms with E-state index >= 15 is 0 Å². The van der Waals surface area contributed by atoms with Gasteiger partial charge in [-0.1, -0.05) is 23.7 Å². The third kappa shape index (κ3) is 4.74. The van der Waals surface area contributed by atoms with E-state index in [1.807, 2.05) is 47.4 Å². The lowest BCUT2D eigenvalue weighted by Gasteiger charge is -2.35. The number of hydrogen-bond donors (Lipinski definition) is 0. The molecule has 3 rings (SSSR count). The van der Waals surface area contributed by atoms with Crippen LogP contribution in [0.1, 0.15) is 5.56 Å². The third-order valence-electron chi connectivity index (χ3n) is 4.59. The number of carbonyl (C=O) groups is 1. The fourth-order valence-corrected chi connectivity index (χ4v) is 3.27. The first-order valence-electron chi connectivity index (χ1n) is 8.80. The molecule has 0 atom stereocenters. The van der Waals surface area contributed by atoms with Gasteiger partial charge < -0.3 is 19.3 Å². The van der Waals surface area contributed by atoms with Gasteiger partial charge in [0, 0.05) is 43.0 Å². The molecule has 0 bridgehead atoms. The molecule has 0 spiro atoms. The van der Waals surface area contributed by atoms with Crippen molar-refractivity contribution in [2.45, 2.75) is 0 Å². The Morgan fingerprint density at radius 2 is 1.74 bits per heavy atom. The van der Waals surface area contributed by atoms with Gasteiger partial charge in [-0.3, -0.25) is 4.79 Å². The van der Waals surface area contributed by atoms with Crippen LogP contribution >= 0.6 is 11.6 Å². The number of piperazine rings is 1. The van der Waals surface area contributed by atoms with E-state index in [2.05, 4.69) is 4.90 Å². The van der Waals surface area contributed by atoms with E-state index in [1.165, 1.54) is 0 Å². The number of anilines is 1. The van der Waals surface area contributed by atoms with Crippen molar-refractivity contribution in [2.24, 2.45) is 0 Å². The fraction of sp³-hybridized carbons (Fsp3) is 0.286. The van der Waals surface area contributed by atoms with Crippen molar-refractivity contribution in [1.82, 2.24) is 4.90 Å². The van der Waals surface area contributed by atoms with Crippen molar-refractivity contribution < 1.29 is 14.3 Å². The Morgan fingerprint density at radius 3 is 2.41 bits per heavy atom. The van der Waals surface area contributed by atoms with Gasteiger partial charge in [0.15, 0.2) is 11.5 Å². The molecule has 0 N–H and O–H groups in total. The second-order valence-corrected chi connectivity index (χ2v) is 6.68. The monoisotopic (exact) mass is 386 g/mol. The Hall–Kier alpha value is -2.66. The van der Waals surface area contributed by atoms with Gasteiger partial charge in [-0.2, -0.15) is 0 Å². The van der Waals surface area contributed by atoms with Gasteiger partial charge in [0.25, 0.3) is 0 Å². The molecule has 0 saturated carbocycles. The van der Waals surface area contributed by atoms with E-state index < -0.39 is 0 Å². The molecule has 0 radical (unpaired) electrons. The molecule has 27 heavy (non-hydrogen) atoms. The van der Waals surface area contributed by atoms with Crippen LogP contribution < -0.4 is 14.4 Å². The molecule has 1 saturated heterocycles. The first kappa shape index (κ1) is 19.1. The highest BCUT2D eigenvalue weighted by atomic mass is 35.5. The van der Waals surface area contributed by atoms with E-state index in [0.29, 0.717) is 24.6 Å². The fourth-order valence-electron chi connectivity index (χ4n) is 3.09. The zero-order chi connectivity index (χ0) is 19.2. The molecule has 0 unspecified atom stereocenters. The zero-order valence-electron chi connectivity index (χ0n) is 15.5. The highest BCUT2D eigenvalue weighted by Gasteiger charge is 2.20. The van der Waals surface area contributed by atoms with Crippen molar-refractivity contribution in [2.75, 3.05) is 45.3 Å². The van der Waals surface area contributed by atoms with E-state index in [9.17, 15) is 4.79 Å². The van der Waals surface area contributed by atoms with Crippen LogP contribution in [0.3, 0.4) is 0 Å². The Balaban J connectivity index is 1.59. The summed E-state index contributed by atoms with van der Waals surface area (Å²) in [6.07, 6.45) is 3.41. The highest BCUT2D eigenvalue weighted by Crippen LogP contribution is 2.28. The summed E-state index contributed by atoms with van der Waals surface area (Å²) in [7, 11) is 3.19. The SMILES string of the molecule is COc1ccc(/C=C/C(=O)N2CCN(c3cccc(Cl)c3)CC2)cc1OC. The van der Waals surface area contributed by atoms with Crippen molar-refractivity contribution in [3.8, 4) is 11.5 Å². The molecule has 142 valence electrons. The van der Waals surface area contributed by atoms with Gasteiger partial charge in [-0.25, -0.2) is 0 Å². The first-order valence-corrected chi connectivity index (χ1v) is 9.18. The third-order valence-corrected chi connectivity index (χ3v) is 4.83. The number of methoxy groups -OCH3 is 2. The van der Waals surface area contributed by atoms with Crippen molar-refractivity contribution in [1.29, 1.82) is 0 Å². The number of halogens is 1. The van der Waals surface area contributed by atoms with E-state index in [1.54, 1.807) is 26.4 Å². The molecule has 5 nitrogen and oxygen atoms in total. The van der Waals surface area contributed by atoms with Crippen LogP contribution in [0, 0.1) is 0 Å². The summed E-state index contributed by atoms with van der Waals surface area (Å²) in [5.74, 6) is 1.32. The van der Waals surface area contributed by atoms with Crippen molar-refractivity contribution >= 4 is 29.3 Å². The standard InChI is InChI=1S/C21H23ClN2O3/c1-26-19-8-6-16(14-20(19)27-2)7-9-21(25)24-12-10-23(11-13-24)18-5-3-4-17(22)15-18/h3-9,14-15H,10-13H2,1-2H3/b9-7+. The number of carbonyl (C=O) groups excluding carboxylic acids is 1. The van der Waals surface area contributed by atoms with Gasteiger partial charge >= 0.3 is 0 Å². The van der Waals surface area contributed by atoms with Gasteiger partial charge in [-0.15, -0.1) is 0 Å². The Bertz CT molecular complexity index is 830. The summed E-state index contributed by atoms with van der Waals surface area (Å²) in [5, 5.41) is 0.726. The number of hydrogen-bond acceptors (Lipinski definition) is 4. The predicted octanol–water partition coefficient (Wildman–Crippen LogP) is 3.72. The molecule has 0 aliphatic carbocycles. The Labute approximate surface area is 164 Å². The largest absolute Gasteiger partial charge is 0.493 e. The van der Waals surface area contributed by atoms with Crippen LogP contribution in [0.5, 0.6) is 11.5 Å². The lowest BCUT2D eigenvalue weighted by Crippen LogP contribution is -2.48. The van der Waals surface area contributed by atoms with Crippen molar-refractivity contribution in [3.63, 3.8) is 0 Å². The molecule has 1 heterocycles. The zero-order valence-corrected chi connectivity index (χ0v) is 16.3. The summed E-state index contributed by atoms with van der Waals surface area (Å²) in [6.45, 7) is 2.94. The van der Waals surface area contributed by atoms with Crippen LogP contribution in [0.15, 0.2) is 48.5 Å². The normalized spacial score (nSPS) is 14.5. The lowest BCUT2D eigenvalue weighted by molar-refractivity contribution is -0.126. The smallest absolute Gasteiger partial charge is 0.246 e. The highest BCUT2D eigenvalue weighted by molar-refractivity contribution is 6.30. The van der Waals surface area contributed by atoms with Crippen LogP contribution in [-0.2, 0) is 4.79 Å². The minimum absolute atomic E-state index is 0.00975. The molecule has 6 heteroatoms. The molecule has 1 fully saturated rings. The van der Waals surface area contributed by atoms with Gasteiger partial charge in [-0.05, 0) is 42.0 Å². The summed E-state index contributed by atoms with van der Waals surface area (Å²) >= 11 is 6.07. The molecule has 1 amide bonds. The van der Waals surface area contributed by atoms with Crippen LogP contribution in [0.2, 0.25) is 5.02 Å². The lowest BCUT2D eigenvalue weighted by atomic mass is 10.1. The van der Waals surface area contributed by atoms with E-state index in [0.717, 1.165) is 29.4 Å². The van der Waals surface area contributed by atoms with Gasteiger partial charge in [0.2, 0.25) is 5.91 Å². The molecule has 2 aromatic carbocycles. The second-order valence-electron chi connectivity index (χ2n) is 6.24. The number of nitrogens with zero attached hydrogens (tertiary/aromatic N) is 2. The molecular weight excluding hydrogens is 364 g/mol. The quantitative estimate of drug-likeness (QED) is 0.734. The van der Waals surface area contributed by atoms with Crippen molar-refractivity contribution in [3.05, 3.63) is 59.1 Å². The topological polar surface area (TPSA) is 42.0 Å². The molecule has 1 aliphatic heterocycles. The predicted molar refractivity (Wildman–Crippen MR) is 109 cm³/mol. The second kappa shape index (κ2) is 8.82. The summed E-state index contributed by atoms with van der Waals surface area (Å²) < 4.78 is 10.5. The van der Waals surface area contributed by atoms with E-state index in [4.69, 9.17) is 21.1 Å². The number of benzene rings is 2. The Morgan fingerprint density at radius 1 is 1.00 bits per heavy atom. The molecule has 2 aromatic rings. The minimum Gasteiger partial charge on any atom is -0.493 e. The minimum atomic E-state index is 0.00975. The molecule has 0 aromatic heterocycles. The average Bonchev–Trinajstić information content (AvgIpc) is 2.71.